The molecule has 0 amide bonds. The number of carbonyl (C=O) groups is 1. The number of rotatable bonds is 3. The first-order valence-electron chi connectivity index (χ1n) is 7.72. The zero-order valence-electron chi connectivity index (χ0n) is 13.2. The summed E-state index contributed by atoms with van der Waals surface area (Å²) >= 11 is 12.3. The standard InChI is InChI=1S/C20H11Cl2NO3/c21-14-6-3-5-12(19(14)22)17-8-9-18(26-17)16-10-13(20(24)25)11-4-1-2-7-15(11)23-16/h1-10H,(H,24,25). The summed E-state index contributed by atoms with van der Waals surface area (Å²) in [5.74, 6) is -0.0434. The van der Waals surface area contributed by atoms with Crippen molar-refractivity contribution in [2.45, 2.75) is 0 Å². The third-order valence-electron chi connectivity index (χ3n) is 4.02. The highest BCUT2D eigenvalue weighted by Crippen LogP contribution is 2.36. The second kappa shape index (κ2) is 6.48. The van der Waals surface area contributed by atoms with Gasteiger partial charge in [0.15, 0.2) is 5.76 Å². The molecule has 0 aliphatic rings. The zero-order chi connectivity index (χ0) is 18.3. The number of hydrogen-bond donors (Lipinski definition) is 1. The summed E-state index contributed by atoms with van der Waals surface area (Å²) in [5, 5.41) is 10.9. The molecule has 0 saturated carbocycles. The number of hydrogen-bond acceptors (Lipinski definition) is 3. The van der Waals surface area contributed by atoms with E-state index in [1.807, 2.05) is 6.07 Å². The molecule has 4 aromatic rings. The molecule has 0 bridgehead atoms. The van der Waals surface area contributed by atoms with Crippen LogP contribution in [0, 0.1) is 0 Å². The Labute approximate surface area is 158 Å². The Hall–Kier alpha value is -2.82. The number of benzene rings is 2. The fourth-order valence-corrected chi connectivity index (χ4v) is 3.19. The highest BCUT2D eigenvalue weighted by Gasteiger charge is 2.16. The Kier molecular flexibility index (Phi) is 4.15. The van der Waals surface area contributed by atoms with Gasteiger partial charge in [0.2, 0.25) is 0 Å². The third-order valence-corrected chi connectivity index (χ3v) is 4.84. The van der Waals surface area contributed by atoms with Crippen LogP contribution in [-0.4, -0.2) is 16.1 Å². The number of para-hydroxylation sites is 1. The van der Waals surface area contributed by atoms with Crippen LogP contribution in [0.1, 0.15) is 10.4 Å². The maximum absolute atomic E-state index is 11.6. The Balaban J connectivity index is 1.86. The van der Waals surface area contributed by atoms with E-state index < -0.39 is 5.97 Å². The first-order valence-corrected chi connectivity index (χ1v) is 8.48. The van der Waals surface area contributed by atoms with Crippen LogP contribution in [0.5, 0.6) is 0 Å². The molecule has 2 aromatic heterocycles. The predicted molar refractivity (Wildman–Crippen MR) is 102 cm³/mol. The molecule has 0 radical (unpaired) electrons. The lowest BCUT2D eigenvalue weighted by atomic mass is 10.1. The lowest BCUT2D eigenvalue weighted by Crippen LogP contribution is -1.99. The number of furan rings is 1. The normalized spacial score (nSPS) is 11.0. The molecule has 0 spiro atoms. The topological polar surface area (TPSA) is 63.3 Å². The SMILES string of the molecule is O=C(O)c1cc(-c2ccc(-c3cccc(Cl)c3Cl)o2)nc2ccccc12. The lowest BCUT2D eigenvalue weighted by Gasteiger charge is -2.05. The molecule has 6 heteroatoms. The maximum atomic E-state index is 11.6. The van der Waals surface area contributed by atoms with Gasteiger partial charge in [-0.15, -0.1) is 0 Å². The Morgan fingerprint density at radius 2 is 1.73 bits per heavy atom. The minimum Gasteiger partial charge on any atom is -0.478 e. The van der Waals surface area contributed by atoms with Crippen molar-refractivity contribution < 1.29 is 14.3 Å². The van der Waals surface area contributed by atoms with Crippen molar-refractivity contribution in [2.75, 3.05) is 0 Å². The third kappa shape index (κ3) is 2.83. The van der Waals surface area contributed by atoms with E-state index in [2.05, 4.69) is 4.98 Å². The van der Waals surface area contributed by atoms with Crippen LogP contribution in [-0.2, 0) is 0 Å². The van der Waals surface area contributed by atoms with E-state index in [1.54, 1.807) is 48.5 Å². The van der Waals surface area contributed by atoms with Crippen LogP contribution in [0.2, 0.25) is 10.0 Å². The fraction of sp³-hybridized carbons (Fsp3) is 0. The monoisotopic (exact) mass is 383 g/mol. The van der Waals surface area contributed by atoms with Gasteiger partial charge in [0.05, 0.1) is 21.1 Å². The van der Waals surface area contributed by atoms with Crippen molar-refractivity contribution in [3.8, 4) is 22.8 Å². The fourth-order valence-electron chi connectivity index (χ4n) is 2.79. The summed E-state index contributed by atoms with van der Waals surface area (Å²) in [6, 6.07) is 17.4. The van der Waals surface area contributed by atoms with Crippen LogP contribution in [0.4, 0.5) is 0 Å². The van der Waals surface area contributed by atoms with Crippen molar-refractivity contribution in [3.05, 3.63) is 76.3 Å². The molecule has 128 valence electrons. The smallest absolute Gasteiger partial charge is 0.336 e. The predicted octanol–water partition coefficient (Wildman–Crippen LogP) is 6.17. The molecule has 1 N–H and O–H groups in total. The number of aromatic carboxylic acids is 1. The van der Waals surface area contributed by atoms with Gasteiger partial charge in [0.25, 0.3) is 0 Å². The number of pyridine rings is 1. The number of halogens is 2. The Bertz CT molecular complexity index is 1150. The maximum Gasteiger partial charge on any atom is 0.336 e. The molecular formula is C20H11Cl2NO3. The Morgan fingerprint density at radius 3 is 2.54 bits per heavy atom. The molecule has 0 aliphatic heterocycles. The molecule has 0 fully saturated rings. The summed E-state index contributed by atoms with van der Waals surface area (Å²) in [6.07, 6.45) is 0. The average Bonchev–Trinajstić information content (AvgIpc) is 3.13. The second-order valence-corrected chi connectivity index (χ2v) is 6.43. The van der Waals surface area contributed by atoms with Gasteiger partial charge in [-0.25, -0.2) is 9.78 Å². The van der Waals surface area contributed by atoms with Crippen molar-refractivity contribution in [3.63, 3.8) is 0 Å². The van der Waals surface area contributed by atoms with Crippen molar-refractivity contribution >= 4 is 40.1 Å². The quantitative estimate of drug-likeness (QED) is 0.459. The van der Waals surface area contributed by atoms with E-state index in [4.69, 9.17) is 27.6 Å². The number of carboxylic acid groups (broad SMARTS) is 1. The van der Waals surface area contributed by atoms with Gasteiger partial charge in [-0.3, -0.25) is 0 Å². The number of aromatic nitrogens is 1. The highest BCUT2D eigenvalue weighted by molar-refractivity contribution is 6.43. The van der Waals surface area contributed by atoms with Crippen LogP contribution in [0.3, 0.4) is 0 Å². The van der Waals surface area contributed by atoms with Gasteiger partial charge in [-0.2, -0.15) is 0 Å². The molecule has 2 heterocycles. The highest BCUT2D eigenvalue weighted by atomic mass is 35.5. The van der Waals surface area contributed by atoms with Crippen molar-refractivity contribution in [2.24, 2.45) is 0 Å². The van der Waals surface area contributed by atoms with Gasteiger partial charge in [0, 0.05) is 10.9 Å². The molecule has 0 unspecified atom stereocenters. The second-order valence-electron chi connectivity index (χ2n) is 5.64. The van der Waals surface area contributed by atoms with E-state index in [0.717, 1.165) is 0 Å². The van der Waals surface area contributed by atoms with Crippen molar-refractivity contribution in [1.29, 1.82) is 0 Å². The van der Waals surface area contributed by atoms with Gasteiger partial charge < -0.3 is 9.52 Å². The van der Waals surface area contributed by atoms with Gasteiger partial charge in [0.1, 0.15) is 11.5 Å². The molecular weight excluding hydrogens is 373 g/mol. The van der Waals surface area contributed by atoms with Crippen LogP contribution in [0.25, 0.3) is 33.7 Å². The van der Waals surface area contributed by atoms with Crippen LogP contribution < -0.4 is 0 Å². The molecule has 0 atom stereocenters. The molecule has 4 nitrogen and oxygen atoms in total. The van der Waals surface area contributed by atoms with Gasteiger partial charge >= 0.3 is 5.97 Å². The Morgan fingerprint density at radius 1 is 0.962 bits per heavy atom. The summed E-state index contributed by atoms with van der Waals surface area (Å²) in [7, 11) is 0. The summed E-state index contributed by atoms with van der Waals surface area (Å²) in [5.41, 5.74) is 1.85. The largest absolute Gasteiger partial charge is 0.478 e. The van der Waals surface area contributed by atoms with Gasteiger partial charge in [-0.05, 0) is 36.4 Å². The molecule has 0 saturated heterocycles. The number of fused-ring (bicyclic) bond motifs is 1. The van der Waals surface area contributed by atoms with E-state index >= 15 is 0 Å². The van der Waals surface area contributed by atoms with Crippen molar-refractivity contribution in [1.82, 2.24) is 4.98 Å². The first-order chi connectivity index (χ1) is 12.5. The summed E-state index contributed by atoms with van der Waals surface area (Å²) in [4.78, 5) is 16.1. The van der Waals surface area contributed by atoms with E-state index in [1.165, 1.54) is 6.07 Å². The summed E-state index contributed by atoms with van der Waals surface area (Å²) in [6.45, 7) is 0. The van der Waals surface area contributed by atoms with E-state index in [9.17, 15) is 9.90 Å². The minimum atomic E-state index is -1.02. The first kappa shape index (κ1) is 16.6. The minimum absolute atomic E-state index is 0.171. The average molecular weight is 384 g/mol. The van der Waals surface area contributed by atoms with Gasteiger partial charge in [-0.1, -0.05) is 47.5 Å². The molecule has 2 aromatic carbocycles. The molecule has 26 heavy (non-hydrogen) atoms. The van der Waals surface area contributed by atoms with E-state index in [0.29, 0.717) is 43.7 Å². The van der Waals surface area contributed by atoms with Crippen LogP contribution >= 0.6 is 23.2 Å². The molecule has 4 rings (SSSR count). The lowest BCUT2D eigenvalue weighted by molar-refractivity contribution is 0.0699. The zero-order valence-corrected chi connectivity index (χ0v) is 14.8. The summed E-state index contributed by atoms with van der Waals surface area (Å²) < 4.78 is 5.88. The number of carboxylic acids is 1. The molecule has 0 aliphatic carbocycles. The van der Waals surface area contributed by atoms with Crippen LogP contribution in [0.15, 0.2) is 65.1 Å². The van der Waals surface area contributed by atoms with E-state index in [-0.39, 0.29) is 5.56 Å². The number of nitrogens with zero attached hydrogens (tertiary/aromatic N) is 1.